The minimum atomic E-state index is -1.57. The van der Waals surface area contributed by atoms with Crippen molar-refractivity contribution in [3.05, 3.63) is 163 Å². The quantitative estimate of drug-likeness (QED) is 0.0352. The molecule has 0 saturated heterocycles. The van der Waals surface area contributed by atoms with Crippen molar-refractivity contribution in [3.8, 4) is 0 Å². The molecule has 0 aliphatic rings. The number of carbonyl (C=O) groups is 6. The maximum absolute atomic E-state index is 13.6. The number of hydrogen-bond acceptors (Lipinski definition) is 22. The first kappa shape index (κ1) is 54.1. The Morgan fingerprint density at radius 3 is 1.13 bits per heavy atom. The van der Waals surface area contributed by atoms with Gasteiger partial charge < -0.3 is 19.7 Å². The lowest BCUT2D eigenvalue weighted by Crippen LogP contribution is -2.26. The van der Waals surface area contributed by atoms with Gasteiger partial charge in [-0.2, -0.15) is 0 Å². The molecule has 0 saturated carbocycles. The molecule has 4 aromatic heterocycles. The summed E-state index contributed by atoms with van der Waals surface area (Å²) in [5.74, 6) is -3.87. The number of hydrogen-bond donors (Lipinski definition) is 6. The Morgan fingerprint density at radius 2 is 0.763 bits per heavy atom. The summed E-state index contributed by atoms with van der Waals surface area (Å²) in [4.78, 5) is 77.1. The largest absolute Gasteiger partial charge is 0.447 e. The van der Waals surface area contributed by atoms with Crippen molar-refractivity contribution >= 4 is 101 Å². The second kappa shape index (κ2) is 26.4. The number of benzene rings is 4. The highest BCUT2D eigenvalue weighted by Crippen LogP contribution is 2.28. The number of nitrogens with one attached hydrogen (secondary N) is 4. The summed E-state index contributed by atoms with van der Waals surface area (Å²) in [7, 11) is 0. The zero-order valence-electron chi connectivity index (χ0n) is 40.1. The van der Waals surface area contributed by atoms with Crippen molar-refractivity contribution in [2.45, 2.75) is 76.3 Å². The fourth-order valence-corrected chi connectivity index (χ4v) is 10.3. The number of carbonyl (C=O) groups excluding carboxylic acids is 6. The molecule has 0 spiro atoms. The van der Waals surface area contributed by atoms with Crippen LogP contribution >= 0.6 is 45.3 Å². The van der Waals surface area contributed by atoms with Gasteiger partial charge in [0.15, 0.2) is 12.2 Å². The molecule has 8 aromatic rings. The topological polar surface area (TPSA) is 313 Å². The number of anilines is 4. The highest BCUT2D eigenvalue weighted by atomic mass is 32.1. The predicted molar refractivity (Wildman–Crippen MR) is 281 cm³/mol. The Kier molecular flexibility index (Phi) is 18.8. The molecule has 390 valence electrons. The molecule has 0 bridgehead atoms. The van der Waals surface area contributed by atoms with E-state index in [1.165, 1.54) is 41.7 Å². The van der Waals surface area contributed by atoms with Crippen LogP contribution in [0, 0.1) is 0 Å². The number of aliphatic hydroxyl groups is 2. The molecule has 0 fully saturated rings. The van der Waals surface area contributed by atoms with Crippen molar-refractivity contribution in [2.24, 2.45) is 0 Å². The van der Waals surface area contributed by atoms with Crippen LogP contribution < -0.4 is 21.3 Å². The van der Waals surface area contributed by atoms with Crippen LogP contribution in [0.15, 0.2) is 115 Å². The molecule has 76 heavy (non-hydrogen) atoms. The lowest BCUT2D eigenvalue weighted by molar-refractivity contribution is -0.154. The van der Waals surface area contributed by atoms with Crippen LogP contribution in [0.4, 0.5) is 20.5 Å². The number of rotatable bonds is 24. The van der Waals surface area contributed by atoms with Gasteiger partial charge in [0.2, 0.25) is 32.7 Å². The number of aliphatic hydroxyl groups excluding tert-OH is 2. The molecular formula is C50H46N12O10S4. The van der Waals surface area contributed by atoms with Crippen LogP contribution in [0.5, 0.6) is 0 Å². The number of esters is 2. The highest BCUT2D eigenvalue weighted by Gasteiger charge is 2.28. The van der Waals surface area contributed by atoms with Gasteiger partial charge in [-0.15, -0.1) is 40.8 Å². The molecule has 4 heterocycles. The van der Waals surface area contributed by atoms with Crippen molar-refractivity contribution in [3.63, 3.8) is 0 Å². The Labute approximate surface area is 449 Å². The average Bonchev–Trinajstić information content (AvgIpc) is 4.28. The molecular weight excluding hydrogens is 1060 g/mol. The zero-order valence-corrected chi connectivity index (χ0v) is 43.4. The summed E-state index contributed by atoms with van der Waals surface area (Å²) in [5, 5.41) is 68.1. The van der Waals surface area contributed by atoms with Gasteiger partial charge in [-0.3, -0.25) is 50.0 Å². The fourth-order valence-electron chi connectivity index (χ4n) is 7.15. The molecule has 22 nitrogen and oxygen atoms in total. The van der Waals surface area contributed by atoms with E-state index in [0.717, 1.165) is 22.7 Å². The maximum Gasteiger partial charge on any atom is 0.311 e. The molecule has 4 atom stereocenters. The lowest BCUT2D eigenvalue weighted by Gasteiger charge is -2.17. The van der Waals surface area contributed by atoms with Crippen LogP contribution in [-0.4, -0.2) is 86.6 Å². The average molecular weight is 1100 g/mol. The first-order chi connectivity index (χ1) is 36.8. The second-order valence-electron chi connectivity index (χ2n) is 16.5. The van der Waals surface area contributed by atoms with Crippen LogP contribution in [-0.2, 0) is 70.3 Å². The van der Waals surface area contributed by atoms with Gasteiger partial charge in [0.1, 0.15) is 20.0 Å². The third-order valence-corrected chi connectivity index (χ3v) is 14.4. The summed E-state index contributed by atoms with van der Waals surface area (Å²) in [5.41, 5.74) is 2.15. The third-order valence-electron chi connectivity index (χ3n) is 10.8. The highest BCUT2D eigenvalue weighted by molar-refractivity contribution is 7.16. The number of nitrogens with zero attached hydrogens (tertiary/aromatic N) is 8. The molecule has 0 aliphatic carbocycles. The summed E-state index contributed by atoms with van der Waals surface area (Å²) in [6, 6.07) is 31.8. The number of amides is 4. The van der Waals surface area contributed by atoms with E-state index >= 15 is 0 Å². The van der Waals surface area contributed by atoms with Crippen molar-refractivity contribution < 1.29 is 48.5 Å². The van der Waals surface area contributed by atoms with E-state index in [9.17, 15) is 39.0 Å². The van der Waals surface area contributed by atoms with E-state index in [1.54, 1.807) is 103 Å². The van der Waals surface area contributed by atoms with Gasteiger partial charge in [-0.1, -0.05) is 161 Å². The first-order valence-electron chi connectivity index (χ1n) is 23.3. The predicted octanol–water partition coefficient (Wildman–Crippen LogP) is 6.50. The third kappa shape index (κ3) is 15.5. The number of aryl methyl sites for hydroxylation is 4. The first-order valence-corrected chi connectivity index (χ1v) is 26.6. The van der Waals surface area contributed by atoms with Gasteiger partial charge in [0, 0.05) is 43.7 Å². The molecule has 0 aliphatic heterocycles. The minimum Gasteiger partial charge on any atom is -0.447 e. The Morgan fingerprint density at radius 1 is 0.434 bits per heavy atom. The Hall–Kier alpha value is -8.14. The van der Waals surface area contributed by atoms with E-state index in [4.69, 9.17) is 9.47 Å². The van der Waals surface area contributed by atoms with Gasteiger partial charge in [0.25, 0.3) is 23.6 Å². The molecule has 0 radical (unpaired) electrons. The summed E-state index contributed by atoms with van der Waals surface area (Å²) in [6.07, 6.45) is -2.36. The Balaban J connectivity index is 0.764. The monoisotopic (exact) mass is 1100 g/mol. The minimum absolute atomic E-state index is 0.194. The van der Waals surface area contributed by atoms with Crippen LogP contribution in [0.1, 0.15) is 92.0 Å². The van der Waals surface area contributed by atoms with E-state index in [1.807, 2.05) is 0 Å². The van der Waals surface area contributed by atoms with E-state index in [-0.39, 0.29) is 32.5 Å². The lowest BCUT2D eigenvalue weighted by atomic mass is 10.0. The molecule has 4 amide bonds. The van der Waals surface area contributed by atoms with E-state index < -0.39 is 60.0 Å². The van der Waals surface area contributed by atoms with Crippen molar-refractivity contribution in [2.75, 3.05) is 21.3 Å². The number of ether oxygens (including phenoxy) is 2. The fraction of sp³-hybridized carbons (Fsp3) is 0.240. The van der Waals surface area contributed by atoms with Gasteiger partial charge >= 0.3 is 11.9 Å². The SMILES string of the molecule is CC(=O)OC(C(=O)Nc1nnc(CCCc2nnc(NC(=O)C(OC(=O)Cc3ccc(C(O)C(=O)Nc4nnc(CCCc5nnc(NC(=O)C(O)c6ccccc6)s5)s4)cc3)c3ccccc3)s2)s1)c1ccccc1. The van der Waals surface area contributed by atoms with Crippen LogP contribution in [0.25, 0.3) is 0 Å². The van der Waals surface area contributed by atoms with E-state index in [0.29, 0.717) is 80.8 Å². The summed E-state index contributed by atoms with van der Waals surface area (Å²) >= 11 is 4.70. The van der Waals surface area contributed by atoms with Crippen molar-refractivity contribution in [1.82, 2.24) is 40.8 Å². The van der Waals surface area contributed by atoms with Crippen LogP contribution in [0.3, 0.4) is 0 Å². The van der Waals surface area contributed by atoms with Gasteiger partial charge in [0.05, 0.1) is 6.42 Å². The summed E-state index contributed by atoms with van der Waals surface area (Å²) in [6.45, 7) is 1.23. The summed E-state index contributed by atoms with van der Waals surface area (Å²) < 4.78 is 11.0. The van der Waals surface area contributed by atoms with Crippen molar-refractivity contribution in [1.29, 1.82) is 0 Å². The van der Waals surface area contributed by atoms with E-state index in [2.05, 4.69) is 62.1 Å². The molecule has 26 heteroatoms. The zero-order chi connectivity index (χ0) is 53.4. The Bertz CT molecular complexity index is 3250. The van der Waals surface area contributed by atoms with Gasteiger partial charge in [-0.05, 0) is 29.5 Å². The molecule has 6 N–H and O–H groups in total. The molecule has 4 unspecified atom stereocenters. The van der Waals surface area contributed by atoms with Crippen LogP contribution in [0.2, 0.25) is 0 Å². The smallest absolute Gasteiger partial charge is 0.311 e. The molecule has 4 aromatic carbocycles. The number of aromatic nitrogens is 8. The maximum atomic E-state index is 13.6. The normalized spacial score (nSPS) is 12.6. The molecule has 8 rings (SSSR count). The van der Waals surface area contributed by atoms with Gasteiger partial charge in [-0.25, -0.2) is 0 Å². The second-order valence-corrected chi connectivity index (χ2v) is 20.7. The standard InChI is InChI=1S/C50H46N12O10S4/c1-28(63)71-41(32-15-7-3-8-16-32)45(69)53-49-61-57-36(75-49)21-12-22-37-58-62-50(76-37)54-46(70)42(33-17-9-4-10-18-33)72-38(64)27-29-23-25-31(26-24-29)40(66)44(68)52-48-60-56-35(74-48)20-11-19-34-55-59-47(73-34)51-43(67)39(65)30-13-5-2-6-14-30/h2-10,13-18,23-26,39-42,65-66H,11-12,19-22,27H2,1H3,(H,51,59,67)(H,52,60,68)(H,53,61,69)(H,54,62,70).